The highest BCUT2D eigenvalue weighted by molar-refractivity contribution is 7.88. The van der Waals surface area contributed by atoms with E-state index in [-0.39, 0.29) is 35.9 Å². The second-order valence-corrected chi connectivity index (χ2v) is 12.5. The lowest BCUT2D eigenvalue weighted by Crippen LogP contribution is -2.56. The zero-order chi connectivity index (χ0) is 28.4. The predicted octanol–water partition coefficient (Wildman–Crippen LogP) is 3.19. The predicted molar refractivity (Wildman–Crippen MR) is 153 cm³/mol. The van der Waals surface area contributed by atoms with Gasteiger partial charge in [0, 0.05) is 12.1 Å². The molecule has 1 fully saturated rings. The van der Waals surface area contributed by atoms with Gasteiger partial charge >= 0.3 is 0 Å². The Morgan fingerprint density at radius 2 is 1.59 bits per heavy atom. The Hall–Kier alpha value is -3.24. The van der Waals surface area contributed by atoms with Gasteiger partial charge in [-0.2, -0.15) is 0 Å². The first-order valence-electron chi connectivity index (χ1n) is 13.6. The zero-order valence-electron chi connectivity index (χ0n) is 22.8. The van der Waals surface area contributed by atoms with Crippen molar-refractivity contribution in [2.24, 2.45) is 17.6 Å². The smallest absolute Gasteiger partial charge is 0.242 e. The van der Waals surface area contributed by atoms with Crippen LogP contribution in [0, 0.1) is 17.2 Å². The number of rotatable bonds is 13. The molecule has 2 atom stereocenters. The van der Waals surface area contributed by atoms with Crippen LogP contribution < -0.4 is 21.1 Å². The van der Waals surface area contributed by atoms with Crippen LogP contribution in [0.5, 0.6) is 0 Å². The van der Waals surface area contributed by atoms with E-state index in [4.69, 9.17) is 11.1 Å². The lowest BCUT2D eigenvalue weighted by molar-refractivity contribution is -0.131. The second-order valence-electron chi connectivity index (χ2n) is 10.8. The molecule has 3 rings (SSSR count). The fourth-order valence-electron chi connectivity index (χ4n) is 4.94. The summed E-state index contributed by atoms with van der Waals surface area (Å²) in [6.45, 7) is 4.18. The molecule has 39 heavy (non-hydrogen) atoms. The molecule has 0 radical (unpaired) electrons. The van der Waals surface area contributed by atoms with Gasteiger partial charge in [0.25, 0.3) is 0 Å². The average Bonchev–Trinajstić information content (AvgIpc) is 2.90. The second kappa shape index (κ2) is 14.2. The van der Waals surface area contributed by atoms with Gasteiger partial charge in [-0.05, 0) is 42.2 Å². The van der Waals surface area contributed by atoms with Gasteiger partial charge in [-0.1, -0.05) is 87.7 Å². The molecule has 2 aromatic rings. The molecule has 2 aromatic carbocycles. The number of nitrogens with one attached hydrogen (secondary N) is 4. The van der Waals surface area contributed by atoms with Gasteiger partial charge < -0.3 is 16.4 Å². The average molecular weight is 556 g/mol. The number of nitrogens with two attached hydrogens (primary N) is 1. The fourth-order valence-corrected chi connectivity index (χ4v) is 6.34. The number of amides is 2. The van der Waals surface area contributed by atoms with E-state index in [9.17, 15) is 18.0 Å². The van der Waals surface area contributed by atoms with E-state index >= 15 is 0 Å². The summed E-state index contributed by atoms with van der Waals surface area (Å²) in [4.78, 5) is 26.8. The van der Waals surface area contributed by atoms with Crippen molar-refractivity contribution in [1.29, 1.82) is 5.41 Å². The van der Waals surface area contributed by atoms with Gasteiger partial charge in [0.2, 0.25) is 21.8 Å². The molecule has 0 aromatic heterocycles. The normalized spacial score (nSPS) is 15.9. The summed E-state index contributed by atoms with van der Waals surface area (Å²) in [5.74, 6) is -1.06. The number of sulfonamides is 1. The van der Waals surface area contributed by atoms with Crippen molar-refractivity contribution >= 4 is 27.7 Å². The molecule has 0 bridgehead atoms. The van der Waals surface area contributed by atoms with Crippen molar-refractivity contribution in [3.05, 3.63) is 71.3 Å². The molecule has 1 aliphatic rings. The van der Waals surface area contributed by atoms with Gasteiger partial charge in [-0.3, -0.25) is 15.0 Å². The van der Waals surface area contributed by atoms with Gasteiger partial charge in [0.15, 0.2) is 0 Å². The summed E-state index contributed by atoms with van der Waals surface area (Å²) in [6, 6.07) is 14.1. The van der Waals surface area contributed by atoms with E-state index in [1.807, 2.05) is 19.9 Å². The van der Waals surface area contributed by atoms with Crippen molar-refractivity contribution in [3.63, 3.8) is 0 Å². The van der Waals surface area contributed by atoms with Crippen molar-refractivity contribution in [2.45, 2.75) is 76.8 Å². The molecular formula is C29H41N5O4S. The maximum Gasteiger partial charge on any atom is 0.242 e. The molecule has 0 saturated heterocycles. The van der Waals surface area contributed by atoms with E-state index in [1.165, 1.54) is 0 Å². The highest BCUT2D eigenvalue weighted by atomic mass is 32.2. The Labute approximate surface area is 231 Å². The van der Waals surface area contributed by atoms with Crippen molar-refractivity contribution in [1.82, 2.24) is 15.4 Å². The van der Waals surface area contributed by atoms with Gasteiger partial charge in [0.05, 0.1) is 5.75 Å². The van der Waals surface area contributed by atoms with Gasteiger partial charge in [-0.15, -0.1) is 0 Å². The van der Waals surface area contributed by atoms with Gasteiger partial charge in [0.1, 0.15) is 17.9 Å². The summed E-state index contributed by atoms with van der Waals surface area (Å²) < 4.78 is 28.9. The maximum absolute atomic E-state index is 13.6. The van der Waals surface area contributed by atoms with Gasteiger partial charge in [-0.25, -0.2) is 13.1 Å². The molecule has 1 aliphatic carbocycles. The number of nitrogen functional groups attached to an aromatic ring is 1. The Bertz CT molecular complexity index is 1210. The molecule has 0 spiro atoms. The third-order valence-electron chi connectivity index (χ3n) is 6.98. The Morgan fingerprint density at radius 1 is 0.949 bits per heavy atom. The van der Waals surface area contributed by atoms with Crippen LogP contribution in [-0.4, -0.2) is 38.2 Å². The molecule has 0 aliphatic heterocycles. The van der Waals surface area contributed by atoms with Crippen LogP contribution in [0.4, 0.5) is 0 Å². The minimum atomic E-state index is -3.80. The third kappa shape index (κ3) is 9.78. The zero-order valence-corrected chi connectivity index (χ0v) is 23.6. The van der Waals surface area contributed by atoms with Crippen LogP contribution in [0.2, 0.25) is 0 Å². The van der Waals surface area contributed by atoms with Crippen LogP contribution in [0.15, 0.2) is 54.6 Å². The topological polar surface area (TPSA) is 154 Å². The monoisotopic (exact) mass is 555 g/mol. The Morgan fingerprint density at radius 3 is 2.18 bits per heavy atom. The van der Waals surface area contributed by atoms with E-state index < -0.39 is 28.0 Å². The Kier molecular flexibility index (Phi) is 11.1. The van der Waals surface area contributed by atoms with Crippen LogP contribution in [0.25, 0.3) is 0 Å². The first-order chi connectivity index (χ1) is 18.5. The molecule has 2 amide bonds. The van der Waals surface area contributed by atoms with E-state index in [0.717, 1.165) is 37.7 Å². The van der Waals surface area contributed by atoms with Crippen LogP contribution in [-0.2, 0) is 31.9 Å². The molecule has 212 valence electrons. The minimum absolute atomic E-state index is 0.0304. The molecular weight excluding hydrogens is 514 g/mol. The van der Waals surface area contributed by atoms with Crippen molar-refractivity contribution in [3.8, 4) is 0 Å². The van der Waals surface area contributed by atoms with Crippen molar-refractivity contribution in [2.75, 3.05) is 0 Å². The van der Waals surface area contributed by atoms with Crippen LogP contribution >= 0.6 is 0 Å². The lowest BCUT2D eigenvalue weighted by Gasteiger charge is -2.31. The first kappa shape index (κ1) is 30.3. The Balaban J connectivity index is 1.72. The largest absolute Gasteiger partial charge is 0.384 e. The molecule has 10 heteroatoms. The molecule has 9 nitrogen and oxygen atoms in total. The van der Waals surface area contributed by atoms with Crippen LogP contribution in [0.1, 0.15) is 69.1 Å². The van der Waals surface area contributed by atoms with Crippen LogP contribution in [0.3, 0.4) is 0 Å². The molecule has 1 saturated carbocycles. The minimum Gasteiger partial charge on any atom is -0.384 e. The molecule has 0 unspecified atom stereocenters. The SMILES string of the molecule is CC(C)C[C@H](NC(=O)[C@H](NS(=O)(=O)Cc1ccccc1)C1CCCCC1)C(=O)NCc1ccc(C(=N)N)cc1. The first-order valence-corrected chi connectivity index (χ1v) is 15.2. The summed E-state index contributed by atoms with van der Waals surface area (Å²) in [5.41, 5.74) is 7.57. The summed E-state index contributed by atoms with van der Waals surface area (Å²) in [5, 5.41) is 13.3. The van der Waals surface area contributed by atoms with E-state index in [1.54, 1.807) is 48.5 Å². The highest BCUT2D eigenvalue weighted by Crippen LogP contribution is 2.27. The number of benzene rings is 2. The number of hydrogen-bond acceptors (Lipinski definition) is 5. The quantitative estimate of drug-likeness (QED) is 0.190. The summed E-state index contributed by atoms with van der Waals surface area (Å²) >= 11 is 0. The standard InChI is InChI=1S/C29H41N5O4S/c1-20(2)17-25(28(35)32-18-21-13-15-24(16-14-21)27(30)31)33-29(36)26(23-11-7-4-8-12-23)34-39(37,38)19-22-9-5-3-6-10-22/h3,5-6,9-10,13-16,20,23,25-26,34H,4,7-8,11-12,17-19H2,1-2H3,(H3,30,31)(H,32,35)(H,33,36)/t25-,26+/m0/s1. The van der Waals surface area contributed by atoms with E-state index in [0.29, 0.717) is 17.5 Å². The fraction of sp³-hybridized carbons (Fsp3) is 0.483. The van der Waals surface area contributed by atoms with Crippen molar-refractivity contribution < 1.29 is 18.0 Å². The number of amidine groups is 1. The molecule has 6 N–H and O–H groups in total. The summed E-state index contributed by atoms with van der Waals surface area (Å²) in [7, 11) is -3.80. The maximum atomic E-state index is 13.6. The number of hydrogen-bond donors (Lipinski definition) is 5. The van der Waals surface area contributed by atoms with E-state index in [2.05, 4.69) is 15.4 Å². The lowest BCUT2D eigenvalue weighted by atomic mass is 9.84. The third-order valence-corrected chi connectivity index (χ3v) is 8.31. The highest BCUT2D eigenvalue weighted by Gasteiger charge is 2.35. The molecule has 0 heterocycles. The number of carbonyl (C=O) groups is 2. The summed E-state index contributed by atoms with van der Waals surface area (Å²) in [6.07, 6.45) is 4.86. The number of carbonyl (C=O) groups excluding carboxylic acids is 2.